The van der Waals surface area contributed by atoms with E-state index in [1.54, 1.807) is 0 Å². The van der Waals surface area contributed by atoms with E-state index in [4.69, 9.17) is 5.79 Å². The van der Waals surface area contributed by atoms with Crippen LogP contribution >= 0.6 is 0 Å². The number of aromatic nitrogens is 1. The maximum Gasteiger partial charge on any atom is 0.137 e. The summed E-state index contributed by atoms with van der Waals surface area (Å²) < 4.78 is 64.9. The summed E-state index contributed by atoms with van der Waals surface area (Å²) in [6.45, 7) is 0. The molecule has 0 aliphatic heterocycles. The van der Waals surface area contributed by atoms with Crippen molar-refractivity contribution in [3.05, 3.63) is 240 Å². The minimum atomic E-state index is -1.21. The molecule has 10 aromatic carbocycles. The average molecular weight is 795 g/mol. The SMILES string of the molecule is [2H]c1c([2H])c2c3c(c([2H])c([2H])c([2H])c3c1[2H])C1(c3ccccc3-c3ccc(N(c4ccc5c(c4)c4ccccc4n5-c4ccccc4)c4cccc5oc6ccccc6c45)cc31)c1ccccc1-2. The molecule has 3 nitrogen and oxygen atoms in total. The van der Waals surface area contributed by atoms with Crippen molar-refractivity contribution >= 4 is 71.6 Å². The lowest BCUT2D eigenvalue weighted by atomic mass is 9.61. The van der Waals surface area contributed by atoms with Crippen molar-refractivity contribution in [2.75, 3.05) is 4.90 Å². The number of hydrogen-bond donors (Lipinski definition) is 0. The minimum absolute atomic E-state index is 0.121. The molecule has 0 amide bonds. The van der Waals surface area contributed by atoms with Gasteiger partial charge in [-0.25, -0.2) is 0 Å². The second-order valence-electron chi connectivity index (χ2n) is 16.3. The molecular formula is C59H36N2O. The fourth-order valence-corrected chi connectivity index (χ4v) is 10.9. The van der Waals surface area contributed by atoms with Gasteiger partial charge in [0.05, 0.1) is 35.7 Å². The van der Waals surface area contributed by atoms with E-state index in [1.807, 2.05) is 72.8 Å². The number of fused-ring (bicyclic) bond motifs is 15. The molecule has 62 heavy (non-hydrogen) atoms. The van der Waals surface area contributed by atoms with Crippen molar-refractivity contribution in [1.29, 1.82) is 0 Å². The molecule has 12 aromatic rings. The van der Waals surface area contributed by atoms with Crippen LogP contribution in [-0.2, 0) is 5.41 Å². The predicted molar refractivity (Wildman–Crippen MR) is 257 cm³/mol. The molecule has 0 fully saturated rings. The topological polar surface area (TPSA) is 21.3 Å². The molecule has 2 aliphatic rings. The lowest BCUT2D eigenvalue weighted by Gasteiger charge is -2.40. The lowest BCUT2D eigenvalue weighted by molar-refractivity contribution is 0.669. The van der Waals surface area contributed by atoms with Crippen molar-refractivity contribution in [2.24, 2.45) is 0 Å². The first-order valence-electron chi connectivity index (χ1n) is 23.9. The van der Waals surface area contributed by atoms with Crippen LogP contribution in [0.15, 0.2) is 223 Å². The number of anilines is 3. The van der Waals surface area contributed by atoms with Gasteiger partial charge in [0, 0.05) is 33.2 Å². The van der Waals surface area contributed by atoms with Gasteiger partial charge in [-0.15, -0.1) is 0 Å². The molecule has 14 rings (SSSR count). The van der Waals surface area contributed by atoms with Gasteiger partial charge in [-0.1, -0.05) is 152 Å². The zero-order valence-corrected chi connectivity index (χ0v) is 33.1. The van der Waals surface area contributed by atoms with Gasteiger partial charge >= 0.3 is 0 Å². The van der Waals surface area contributed by atoms with E-state index >= 15 is 0 Å². The molecular weight excluding hydrogens is 753 g/mol. The molecule has 0 radical (unpaired) electrons. The summed E-state index contributed by atoms with van der Waals surface area (Å²) >= 11 is 0. The van der Waals surface area contributed by atoms with E-state index in [0.717, 1.165) is 94.3 Å². The van der Waals surface area contributed by atoms with Crippen molar-refractivity contribution in [2.45, 2.75) is 5.41 Å². The Morgan fingerprint density at radius 1 is 0.435 bits per heavy atom. The fraction of sp³-hybridized carbons (Fsp3) is 0.0169. The molecule has 288 valence electrons. The second-order valence-corrected chi connectivity index (χ2v) is 16.3. The molecule has 0 saturated carbocycles. The summed E-state index contributed by atoms with van der Waals surface area (Å²) in [4.78, 5) is 2.30. The molecule has 1 spiro atoms. The van der Waals surface area contributed by atoms with Gasteiger partial charge in [0.25, 0.3) is 0 Å². The van der Waals surface area contributed by atoms with E-state index in [2.05, 4.69) is 119 Å². The van der Waals surface area contributed by atoms with Crippen LogP contribution < -0.4 is 4.90 Å². The van der Waals surface area contributed by atoms with Crippen LogP contribution in [0, 0.1) is 0 Å². The number of benzene rings is 10. The highest BCUT2D eigenvalue weighted by Crippen LogP contribution is 2.62. The van der Waals surface area contributed by atoms with Gasteiger partial charge in [-0.05, 0) is 122 Å². The minimum Gasteiger partial charge on any atom is -0.456 e. The van der Waals surface area contributed by atoms with Gasteiger partial charge in [-0.2, -0.15) is 0 Å². The lowest BCUT2D eigenvalue weighted by Crippen LogP contribution is -2.32. The van der Waals surface area contributed by atoms with Crippen molar-refractivity contribution < 1.29 is 12.6 Å². The molecule has 1 atom stereocenters. The number of furan rings is 1. The van der Waals surface area contributed by atoms with Gasteiger partial charge in [-0.3, -0.25) is 0 Å². The Morgan fingerprint density at radius 2 is 1.08 bits per heavy atom. The first-order valence-corrected chi connectivity index (χ1v) is 20.9. The summed E-state index contributed by atoms with van der Waals surface area (Å²) in [7, 11) is 0. The summed E-state index contributed by atoms with van der Waals surface area (Å²) in [5, 5.41) is 4.69. The van der Waals surface area contributed by atoms with Crippen molar-refractivity contribution in [3.8, 4) is 27.9 Å². The fourth-order valence-electron chi connectivity index (χ4n) is 10.9. The molecule has 2 aliphatic carbocycles. The summed E-state index contributed by atoms with van der Waals surface area (Å²) in [6, 6.07) is 61.2. The van der Waals surface area contributed by atoms with Gasteiger partial charge in [0.2, 0.25) is 0 Å². The van der Waals surface area contributed by atoms with E-state index < -0.39 is 5.41 Å². The molecule has 2 heterocycles. The van der Waals surface area contributed by atoms with E-state index in [1.165, 1.54) is 0 Å². The van der Waals surface area contributed by atoms with Crippen LogP contribution in [-0.4, -0.2) is 4.57 Å². The standard InChI is InChI=1S/C59H36N2O/c1-2-17-38(18-3-1)61-52-27-10-6-21-44(52)47-35-39(32-34-53(47)61)60(54-28-14-30-56-58(54)46-22-7-11-29-55(46)62-56)40-31-33-43-41-19-4-8-24-48(41)59(51(43)36-40)49-25-9-5-20-42(49)45-23-12-15-37-16-13-26-50(59)57(37)45/h1-36H/i12D,13D,15D,16D,23D,26D. The highest BCUT2D eigenvalue weighted by molar-refractivity contribution is 6.15. The third kappa shape index (κ3) is 4.34. The second kappa shape index (κ2) is 12.4. The number of para-hydroxylation sites is 3. The Bertz CT molecular complexity index is 4190. The monoisotopic (exact) mass is 794 g/mol. The Labute approximate surface area is 366 Å². The Hall–Kier alpha value is -8.14. The number of hydrogen-bond acceptors (Lipinski definition) is 2. The van der Waals surface area contributed by atoms with Gasteiger partial charge in [0.15, 0.2) is 0 Å². The highest BCUT2D eigenvalue weighted by atomic mass is 16.3. The van der Waals surface area contributed by atoms with Crippen LogP contribution in [0.4, 0.5) is 17.1 Å². The molecule has 3 heteroatoms. The predicted octanol–water partition coefficient (Wildman–Crippen LogP) is 15.6. The summed E-state index contributed by atoms with van der Waals surface area (Å²) in [6.07, 6.45) is 0. The Balaban J connectivity index is 1.12. The van der Waals surface area contributed by atoms with Crippen LogP contribution in [0.3, 0.4) is 0 Å². The molecule has 0 saturated heterocycles. The highest BCUT2D eigenvalue weighted by Gasteiger charge is 2.50. The molecule has 0 bridgehead atoms. The van der Waals surface area contributed by atoms with E-state index in [0.29, 0.717) is 22.1 Å². The van der Waals surface area contributed by atoms with Crippen LogP contribution in [0.25, 0.3) is 82.5 Å². The molecule has 0 N–H and O–H groups in total. The Morgan fingerprint density at radius 3 is 1.94 bits per heavy atom. The number of rotatable bonds is 4. The average Bonchev–Trinajstić information content (AvgIpc) is 4.02. The smallest absolute Gasteiger partial charge is 0.137 e. The molecule has 1 unspecified atom stereocenters. The van der Waals surface area contributed by atoms with Crippen molar-refractivity contribution in [3.63, 3.8) is 0 Å². The third-order valence-corrected chi connectivity index (χ3v) is 13.3. The third-order valence-electron chi connectivity index (χ3n) is 13.3. The summed E-state index contributed by atoms with van der Waals surface area (Å²) in [5.41, 5.74) is 12.4. The van der Waals surface area contributed by atoms with Gasteiger partial charge < -0.3 is 13.9 Å². The first-order chi connectivity index (χ1) is 33.3. The maximum absolute atomic E-state index is 9.92. The van der Waals surface area contributed by atoms with Crippen molar-refractivity contribution in [1.82, 2.24) is 4.57 Å². The van der Waals surface area contributed by atoms with Crippen LogP contribution in [0.1, 0.15) is 30.5 Å². The number of nitrogens with zero attached hydrogens (tertiary/aromatic N) is 2. The van der Waals surface area contributed by atoms with E-state index in [9.17, 15) is 6.85 Å². The van der Waals surface area contributed by atoms with Crippen LogP contribution in [0.2, 0.25) is 0 Å². The first kappa shape index (κ1) is 28.3. The van der Waals surface area contributed by atoms with Gasteiger partial charge in [0.1, 0.15) is 11.2 Å². The van der Waals surface area contributed by atoms with Crippen LogP contribution in [0.5, 0.6) is 0 Å². The zero-order chi connectivity index (χ0) is 45.7. The normalized spacial score (nSPS) is 16.2. The Kier molecular flexibility index (Phi) is 5.69. The summed E-state index contributed by atoms with van der Waals surface area (Å²) in [5.74, 6) is 0. The molecule has 2 aromatic heterocycles. The van der Waals surface area contributed by atoms with E-state index in [-0.39, 0.29) is 41.6 Å². The quantitative estimate of drug-likeness (QED) is 0.177. The maximum atomic E-state index is 9.92. The zero-order valence-electron chi connectivity index (χ0n) is 39.1. The largest absolute Gasteiger partial charge is 0.456 e.